The zero-order chi connectivity index (χ0) is 23.7. The van der Waals surface area contributed by atoms with Crippen molar-refractivity contribution in [2.24, 2.45) is 10.1 Å². The summed E-state index contributed by atoms with van der Waals surface area (Å²) in [5.41, 5.74) is 2.77. The third-order valence-corrected chi connectivity index (χ3v) is 6.48. The summed E-state index contributed by atoms with van der Waals surface area (Å²) in [5.74, 6) is -1.12. The van der Waals surface area contributed by atoms with E-state index in [-0.39, 0.29) is 18.2 Å². The Kier molecular flexibility index (Phi) is 6.08. The van der Waals surface area contributed by atoms with Gasteiger partial charge in [0.05, 0.1) is 17.6 Å². The molecule has 170 valence electrons. The number of aromatic nitrogens is 1. The van der Waals surface area contributed by atoms with Gasteiger partial charge in [-0.15, -0.1) is 11.3 Å². The fraction of sp³-hybridized carbons (Fsp3) is 0.0417. The number of halogens is 3. The van der Waals surface area contributed by atoms with Gasteiger partial charge in [-0.05, 0) is 36.4 Å². The van der Waals surface area contributed by atoms with Crippen LogP contribution in [0.5, 0.6) is 5.75 Å². The maximum Gasteiger partial charge on any atom is 0.262 e. The molecule has 1 aromatic heterocycles. The number of carbonyl (C=O) groups is 1. The van der Waals surface area contributed by atoms with E-state index in [9.17, 15) is 13.6 Å². The normalized spacial score (nSPS) is 13.6. The minimum atomic E-state index is -0.773. The summed E-state index contributed by atoms with van der Waals surface area (Å²) < 4.78 is 35.5. The molecule has 2 heterocycles. The molecule has 0 aliphatic carbocycles. The van der Waals surface area contributed by atoms with E-state index in [1.54, 1.807) is 23.0 Å². The van der Waals surface area contributed by atoms with Crippen LogP contribution < -0.4 is 14.9 Å². The van der Waals surface area contributed by atoms with Crippen molar-refractivity contribution in [3.05, 3.63) is 92.5 Å². The summed E-state index contributed by atoms with van der Waals surface area (Å²) in [6.45, 7) is -0.0344. The van der Waals surface area contributed by atoms with Crippen molar-refractivity contribution in [1.82, 2.24) is 4.68 Å². The van der Waals surface area contributed by atoms with E-state index in [4.69, 9.17) is 4.74 Å². The Morgan fingerprint density at radius 2 is 1.97 bits per heavy atom. The van der Waals surface area contributed by atoms with Crippen LogP contribution in [-0.4, -0.2) is 23.4 Å². The van der Waals surface area contributed by atoms with Gasteiger partial charge in [0.2, 0.25) is 4.80 Å². The molecule has 0 unspecified atom stereocenters. The topological polar surface area (TPSA) is 68.0 Å². The first-order valence-corrected chi connectivity index (χ1v) is 11.7. The molecule has 5 rings (SSSR count). The highest BCUT2D eigenvalue weighted by atomic mass is 79.9. The van der Waals surface area contributed by atoms with Gasteiger partial charge >= 0.3 is 0 Å². The maximum atomic E-state index is 14.3. The molecular weight excluding hydrogens is 526 g/mol. The predicted molar refractivity (Wildman–Crippen MR) is 131 cm³/mol. The minimum Gasteiger partial charge on any atom is -0.482 e. The number of thiazole rings is 1. The average Bonchev–Trinajstić information content (AvgIpc) is 3.22. The van der Waals surface area contributed by atoms with Gasteiger partial charge < -0.3 is 10.1 Å². The van der Waals surface area contributed by atoms with Crippen LogP contribution in [0.4, 0.5) is 20.2 Å². The molecule has 1 aliphatic rings. The van der Waals surface area contributed by atoms with E-state index in [1.165, 1.54) is 17.4 Å². The molecule has 6 nitrogen and oxygen atoms in total. The first kappa shape index (κ1) is 22.2. The molecule has 0 atom stereocenters. The molecule has 1 N–H and O–H groups in total. The highest BCUT2D eigenvalue weighted by molar-refractivity contribution is 9.10. The first-order chi connectivity index (χ1) is 16.5. The van der Waals surface area contributed by atoms with Gasteiger partial charge in [-0.2, -0.15) is 5.10 Å². The van der Waals surface area contributed by atoms with Crippen molar-refractivity contribution in [3.8, 4) is 17.0 Å². The van der Waals surface area contributed by atoms with Crippen LogP contribution in [0.15, 0.2) is 80.6 Å². The van der Waals surface area contributed by atoms with Crippen LogP contribution in [0.25, 0.3) is 11.3 Å². The Labute approximate surface area is 205 Å². The lowest BCUT2D eigenvalue weighted by Gasteiger charge is -2.18. The molecule has 0 saturated heterocycles. The van der Waals surface area contributed by atoms with Gasteiger partial charge in [0.15, 0.2) is 12.4 Å². The van der Waals surface area contributed by atoms with E-state index >= 15 is 0 Å². The van der Waals surface area contributed by atoms with Crippen LogP contribution in [0.1, 0.15) is 5.56 Å². The summed E-state index contributed by atoms with van der Waals surface area (Å²) in [4.78, 5) is 16.5. The number of ether oxygens (including phenoxy) is 1. The summed E-state index contributed by atoms with van der Waals surface area (Å²) in [5, 5.41) is 9.22. The fourth-order valence-corrected chi connectivity index (χ4v) is 4.54. The van der Waals surface area contributed by atoms with Crippen molar-refractivity contribution < 1.29 is 18.3 Å². The monoisotopic (exact) mass is 540 g/mol. The summed E-state index contributed by atoms with van der Waals surface area (Å²) in [7, 11) is 0. The molecule has 1 amide bonds. The van der Waals surface area contributed by atoms with E-state index in [0.29, 0.717) is 21.9 Å². The highest BCUT2D eigenvalue weighted by Gasteiger charge is 2.18. The molecule has 1 aliphatic heterocycles. The van der Waals surface area contributed by atoms with Crippen LogP contribution >= 0.6 is 27.3 Å². The Balaban J connectivity index is 1.65. The molecule has 0 spiro atoms. The van der Waals surface area contributed by atoms with Crippen molar-refractivity contribution in [2.45, 2.75) is 0 Å². The minimum absolute atomic E-state index is 0.00857. The molecule has 0 fully saturated rings. The van der Waals surface area contributed by atoms with Gasteiger partial charge in [-0.3, -0.25) is 4.79 Å². The summed E-state index contributed by atoms with van der Waals surface area (Å²) >= 11 is 4.75. The van der Waals surface area contributed by atoms with E-state index in [0.717, 1.165) is 27.7 Å². The smallest absolute Gasteiger partial charge is 0.262 e. The molecule has 34 heavy (non-hydrogen) atoms. The number of amides is 1. The number of benzene rings is 3. The van der Waals surface area contributed by atoms with Gasteiger partial charge in [-0.25, -0.2) is 18.4 Å². The molecule has 0 radical (unpaired) electrons. The van der Waals surface area contributed by atoms with Crippen LogP contribution in [-0.2, 0) is 4.79 Å². The fourth-order valence-electron chi connectivity index (χ4n) is 3.30. The maximum absolute atomic E-state index is 14.3. The van der Waals surface area contributed by atoms with E-state index in [2.05, 4.69) is 31.3 Å². The third kappa shape index (κ3) is 4.55. The second-order valence-corrected chi connectivity index (χ2v) is 8.93. The van der Waals surface area contributed by atoms with Crippen molar-refractivity contribution in [3.63, 3.8) is 0 Å². The van der Waals surface area contributed by atoms with Gasteiger partial charge in [-0.1, -0.05) is 34.1 Å². The number of hydrogen-bond donors (Lipinski definition) is 1. The predicted octanol–water partition coefficient (Wildman–Crippen LogP) is 5.70. The number of nitrogens with one attached hydrogen (secondary N) is 1. The SMILES string of the molecule is O=C1COc2ccc(-c3csc(=Nc4ccc(F)cc4F)n3N=Cc3ccccc3Br)cc2N1. The van der Waals surface area contributed by atoms with Crippen LogP contribution in [0, 0.1) is 11.6 Å². The lowest BCUT2D eigenvalue weighted by Crippen LogP contribution is -2.25. The second kappa shape index (κ2) is 9.32. The Morgan fingerprint density at radius 1 is 1.12 bits per heavy atom. The van der Waals surface area contributed by atoms with Crippen LogP contribution in [0.2, 0.25) is 0 Å². The molecule has 4 aromatic rings. The quantitative estimate of drug-likeness (QED) is 0.337. The number of anilines is 1. The lowest BCUT2D eigenvalue weighted by molar-refractivity contribution is -0.118. The summed E-state index contributed by atoms with van der Waals surface area (Å²) in [6.07, 6.45) is 1.66. The van der Waals surface area contributed by atoms with Gasteiger partial charge in [0.1, 0.15) is 17.3 Å². The number of nitrogens with zero attached hydrogens (tertiary/aromatic N) is 3. The first-order valence-electron chi connectivity index (χ1n) is 10.0. The average molecular weight is 541 g/mol. The largest absolute Gasteiger partial charge is 0.482 e. The number of fused-ring (bicyclic) bond motifs is 1. The van der Waals surface area contributed by atoms with E-state index in [1.807, 2.05) is 35.7 Å². The highest BCUT2D eigenvalue weighted by Crippen LogP contribution is 2.33. The zero-order valence-corrected chi connectivity index (χ0v) is 19.7. The van der Waals surface area contributed by atoms with Gasteiger partial charge in [0, 0.05) is 27.0 Å². The molecular formula is C24H15BrF2N4O2S. The Morgan fingerprint density at radius 3 is 2.79 bits per heavy atom. The Bertz CT molecular complexity index is 1510. The molecule has 10 heteroatoms. The number of rotatable bonds is 4. The van der Waals surface area contributed by atoms with Gasteiger partial charge in [0.25, 0.3) is 5.91 Å². The third-order valence-electron chi connectivity index (χ3n) is 4.94. The van der Waals surface area contributed by atoms with E-state index < -0.39 is 11.6 Å². The number of hydrogen-bond acceptors (Lipinski definition) is 5. The van der Waals surface area contributed by atoms with Crippen LogP contribution in [0.3, 0.4) is 0 Å². The molecule has 0 saturated carbocycles. The van der Waals surface area contributed by atoms with Crippen molar-refractivity contribution in [1.29, 1.82) is 0 Å². The zero-order valence-electron chi connectivity index (χ0n) is 17.3. The number of carbonyl (C=O) groups excluding carboxylic acids is 1. The standard InChI is InChI=1S/C24H15BrF2N4O2S/c25-17-4-2-1-3-15(17)11-28-31-21(14-5-8-22-20(9-14)29-23(32)12-33-22)13-34-24(31)30-19-7-6-16(26)10-18(19)27/h1-11,13H,12H2,(H,29,32). The van der Waals surface area contributed by atoms with Crippen molar-refractivity contribution >= 4 is 50.8 Å². The lowest BCUT2D eigenvalue weighted by atomic mass is 10.1. The Hall–Kier alpha value is -3.63. The molecule has 0 bridgehead atoms. The molecule has 3 aromatic carbocycles. The second-order valence-electron chi connectivity index (χ2n) is 7.24. The summed E-state index contributed by atoms with van der Waals surface area (Å²) in [6, 6.07) is 16.2. The van der Waals surface area contributed by atoms with Crippen molar-refractivity contribution in [2.75, 3.05) is 11.9 Å².